The summed E-state index contributed by atoms with van der Waals surface area (Å²) in [6.07, 6.45) is 1.51. The van der Waals surface area contributed by atoms with Crippen LogP contribution in [-0.4, -0.2) is 6.04 Å². The van der Waals surface area contributed by atoms with E-state index >= 15 is 0 Å². The van der Waals surface area contributed by atoms with E-state index in [9.17, 15) is 4.39 Å². The van der Waals surface area contributed by atoms with Gasteiger partial charge in [0.05, 0.1) is 0 Å². The first kappa shape index (κ1) is 11.9. The third-order valence-corrected chi connectivity index (χ3v) is 2.20. The fourth-order valence-electron chi connectivity index (χ4n) is 1.56. The Labute approximate surface area is 90.0 Å². The van der Waals surface area contributed by atoms with Crippen LogP contribution < -0.4 is 11.3 Å². The summed E-state index contributed by atoms with van der Waals surface area (Å²) in [4.78, 5) is 0. The molecule has 3 heteroatoms. The van der Waals surface area contributed by atoms with Gasteiger partial charge < -0.3 is 0 Å². The molecule has 0 aliphatic carbocycles. The summed E-state index contributed by atoms with van der Waals surface area (Å²) in [5, 5.41) is 0. The first-order valence-corrected chi connectivity index (χ1v) is 4.96. The maximum Gasteiger partial charge on any atom is 0.123 e. The molecule has 0 spiro atoms. The van der Waals surface area contributed by atoms with Crippen molar-refractivity contribution in [1.29, 1.82) is 0 Å². The molecule has 82 valence electrons. The van der Waals surface area contributed by atoms with Gasteiger partial charge in [-0.15, -0.1) is 6.58 Å². The number of nitrogens with one attached hydrogen (secondary N) is 1. The van der Waals surface area contributed by atoms with Crippen molar-refractivity contribution >= 4 is 0 Å². The molecule has 1 unspecified atom stereocenters. The Bertz CT molecular complexity index is 336. The lowest BCUT2D eigenvalue weighted by Gasteiger charge is -2.15. The molecule has 0 bridgehead atoms. The minimum Gasteiger partial charge on any atom is -0.271 e. The molecular weight excluding hydrogens is 191 g/mol. The maximum absolute atomic E-state index is 12.9. The van der Waals surface area contributed by atoms with Gasteiger partial charge in [-0.25, -0.2) is 4.39 Å². The number of hydrogen-bond acceptors (Lipinski definition) is 2. The molecule has 1 aromatic carbocycles. The Kier molecular flexibility index (Phi) is 4.46. The van der Waals surface area contributed by atoms with Crippen molar-refractivity contribution in [3.8, 4) is 0 Å². The summed E-state index contributed by atoms with van der Waals surface area (Å²) in [7, 11) is 0. The molecule has 2 nitrogen and oxygen atoms in total. The Morgan fingerprint density at radius 1 is 1.60 bits per heavy atom. The minimum atomic E-state index is -0.210. The Hall–Kier alpha value is -1.19. The number of hydrazine groups is 1. The van der Waals surface area contributed by atoms with Crippen LogP contribution in [0.1, 0.15) is 18.9 Å². The summed E-state index contributed by atoms with van der Waals surface area (Å²) < 4.78 is 12.9. The van der Waals surface area contributed by atoms with Crippen molar-refractivity contribution in [3.05, 3.63) is 47.8 Å². The highest BCUT2D eigenvalue weighted by Crippen LogP contribution is 2.10. The van der Waals surface area contributed by atoms with Gasteiger partial charge in [-0.2, -0.15) is 0 Å². The molecule has 15 heavy (non-hydrogen) atoms. The van der Waals surface area contributed by atoms with E-state index in [1.54, 1.807) is 6.07 Å². The van der Waals surface area contributed by atoms with E-state index in [4.69, 9.17) is 5.84 Å². The zero-order chi connectivity index (χ0) is 11.3. The molecule has 0 saturated carbocycles. The molecule has 0 aliphatic rings. The van der Waals surface area contributed by atoms with E-state index in [0.29, 0.717) is 6.42 Å². The number of benzene rings is 1. The third-order valence-electron chi connectivity index (χ3n) is 2.20. The van der Waals surface area contributed by atoms with Gasteiger partial charge in [-0.05, 0) is 37.5 Å². The Morgan fingerprint density at radius 3 is 2.87 bits per heavy atom. The van der Waals surface area contributed by atoms with Gasteiger partial charge in [-0.3, -0.25) is 11.3 Å². The van der Waals surface area contributed by atoms with Crippen LogP contribution in [-0.2, 0) is 6.42 Å². The molecular formula is C12H17FN2. The van der Waals surface area contributed by atoms with Gasteiger partial charge in [0.25, 0.3) is 0 Å². The number of halogens is 1. The zero-order valence-electron chi connectivity index (χ0n) is 8.96. The molecule has 0 aromatic heterocycles. The summed E-state index contributed by atoms with van der Waals surface area (Å²) in [6.45, 7) is 5.79. The molecule has 0 amide bonds. The number of rotatable bonds is 5. The maximum atomic E-state index is 12.9. The summed E-state index contributed by atoms with van der Waals surface area (Å²) >= 11 is 0. The highest BCUT2D eigenvalue weighted by atomic mass is 19.1. The zero-order valence-corrected chi connectivity index (χ0v) is 8.96. The summed E-state index contributed by atoms with van der Waals surface area (Å²) in [6, 6.07) is 6.69. The van der Waals surface area contributed by atoms with Crippen molar-refractivity contribution in [3.63, 3.8) is 0 Å². The smallest absolute Gasteiger partial charge is 0.123 e. The van der Waals surface area contributed by atoms with Gasteiger partial charge in [0.15, 0.2) is 0 Å². The average molecular weight is 208 g/mol. The normalized spacial score (nSPS) is 12.5. The van der Waals surface area contributed by atoms with Crippen molar-refractivity contribution < 1.29 is 4.39 Å². The fourth-order valence-corrected chi connectivity index (χ4v) is 1.56. The van der Waals surface area contributed by atoms with E-state index in [0.717, 1.165) is 17.6 Å². The van der Waals surface area contributed by atoms with Crippen LogP contribution in [0.3, 0.4) is 0 Å². The molecule has 0 radical (unpaired) electrons. The second-order valence-electron chi connectivity index (χ2n) is 3.86. The van der Waals surface area contributed by atoms with Crippen molar-refractivity contribution in [2.75, 3.05) is 0 Å². The van der Waals surface area contributed by atoms with Gasteiger partial charge in [0.1, 0.15) is 5.82 Å². The van der Waals surface area contributed by atoms with Crippen LogP contribution in [0.15, 0.2) is 36.4 Å². The summed E-state index contributed by atoms with van der Waals surface area (Å²) in [5.74, 6) is 5.21. The number of hydrogen-bond donors (Lipinski definition) is 2. The van der Waals surface area contributed by atoms with E-state index in [-0.39, 0.29) is 11.9 Å². The van der Waals surface area contributed by atoms with E-state index in [2.05, 4.69) is 12.0 Å². The van der Waals surface area contributed by atoms with Crippen molar-refractivity contribution in [1.82, 2.24) is 5.43 Å². The molecule has 0 saturated heterocycles. The van der Waals surface area contributed by atoms with Crippen LogP contribution in [0.2, 0.25) is 0 Å². The molecule has 1 aromatic rings. The molecule has 0 heterocycles. The molecule has 0 aliphatic heterocycles. The van der Waals surface area contributed by atoms with E-state index in [1.807, 2.05) is 13.0 Å². The monoisotopic (exact) mass is 208 g/mol. The Morgan fingerprint density at radius 2 is 2.33 bits per heavy atom. The van der Waals surface area contributed by atoms with Crippen molar-refractivity contribution in [2.45, 2.75) is 25.8 Å². The lowest BCUT2D eigenvalue weighted by atomic mass is 10.0. The first-order valence-electron chi connectivity index (χ1n) is 4.96. The lowest BCUT2D eigenvalue weighted by molar-refractivity contribution is 0.519. The van der Waals surface area contributed by atoms with E-state index < -0.39 is 0 Å². The topological polar surface area (TPSA) is 38.0 Å². The standard InChI is InChI=1S/C12H17FN2/c1-9(2)6-12(15-14)8-10-4-3-5-11(13)7-10/h3-5,7,12,15H,1,6,8,14H2,2H3. The van der Waals surface area contributed by atoms with Crippen LogP contribution in [0.25, 0.3) is 0 Å². The van der Waals surface area contributed by atoms with Crippen LogP contribution in [0.5, 0.6) is 0 Å². The quantitative estimate of drug-likeness (QED) is 0.442. The van der Waals surface area contributed by atoms with Crippen molar-refractivity contribution in [2.24, 2.45) is 5.84 Å². The predicted molar refractivity (Wildman–Crippen MR) is 60.6 cm³/mol. The largest absolute Gasteiger partial charge is 0.271 e. The van der Waals surface area contributed by atoms with Crippen LogP contribution in [0, 0.1) is 5.82 Å². The van der Waals surface area contributed by atoms with Crippen LogP contribution >= 0.6 is 0 Å². The second-order valence-corrected chi connectivity index (χ2v) is 3.86. The van der Waals surface area contributed by atoms with Gasteiger partial charge >= 0.3 is 0 Å². The highest BCUT2D eigenvalue weighted by Gasteiger charge is 2.08. The molecule has 0 fully saturated rings. The van der Waals surface area contributed by atoms with Gasteiger partial charge in [0.2, 0.25) is 0 Å². The average Bonchev–Trinajstić information content (AvgIpc) is 2.16. The lowest BCUT2D eigenvalue weighted by Crippen LogP contribution is -2.36. The molecule has 1 rings (SSSR count). The summed E-state index contributed by atoms with van der Waals surface area (Å²) in [5.41, 5.74) is 4.73. The second kappa shape index (κ2) is 5.63. The minimum absolute atomic E-state index is 0.115. The highest BCUT2D eigenvalue weighted by molar-refractivity contribution is 5.17. The molecule has 1 atom stereocenters. The van der Waals surface area contributed by atoms with Gasteiger partial charge in [-0.1, -0.05) is 17.7 Å². The SMILES string of the molecule is C=C(C)CC(Cc1cccc(F)c1)NN. The fraction of sp³-hybridized carbons (Fsp3) is 0.333. The third kappa shape index (κ3) is 4.23. The molecule has 3 N–H and O–H groups in total. The van der Waals surface area contributed by atoms with Crippen LogP contribution in [0.4, 0.5) is 4.39 Å². The predicted octanol–water partition coefficient (Wildman–Crippen LogP) is 2.17. The first-order chi connectivity index (χ1) is 7.11. The van der Waals surface area contributed by atoms with Gasteiger partial charge in [0, 0.05) is 6.04 Å². The van der Waals surface area contributed by atoms with E-state index in [1.165, 1.54) is 12.1 Å². The number of nitrogens with two attached hydrogens (primary N) is 1. The Balaban J connectivity index is 2.62.